The number of rotatable bonds is 17. The smallest absolute Gasteiger partial charge is 0.321 e. The lowest BCUT2D eigenvalue weighted by Gasteiger charge is -2.33. The van der Waals surface area contributed by atoms with Gasteiger partial charge in [-0.15, -0.1) is 0 Å². The normalized spacial score (nSPS) is 16.7. The van der Waals surface area contributed by atoms with Crippen LogP contribution in [0.15, 0.2) is 9.59 Å². The number of nitrogens with zero attached hydrogens (tertiary/aromatic N) is 5. The highest BCUT2D eigenvalue weighted by Gasteiger charge is 2.24. The fourth-order valence-electron chi connectivity index (χ4n) is 5.89. The molecule has 0 N–H and O–H groups in total. The van der Waals surface area contributed by atoms with E-state index in [1.165, 1.54) is 112 Å². The summed E-state index contributed by atoms with van der Waals surface area (Å²) in [6.07, 6.45) is 22.3. The Morgan fingerprint density at radius 1 is 0.784 bits per heavy atom. The number of piperidine rings is 1. The first kappa shape index (κ1) is 29.7. The average Bonchev–Trinajstić information content (AvgIpc) is 3.25. The Balaban J connectivity index is 1.50. The van der Waals surface area contributed by atoms with Gasteiger partial charge in [-0.25, -0.2) is 9.78 Å². The fourth-order valence-corrected chi connectivity index (χ4v) is 5.89. The standard InChI is InChI=1S/C30H53N5O2/c1-5-6-7-8-9-10-11-12-13-14-15-16-17-19-23-35-26(24-34-22-20-18-21-25(34)2)31-28-27(35)29(36)33(4)30(37)32(28)3/h25H,5-24H2,1-4H3/t25-/m0/s1. The number of aromatic nitrogens is 4. The van der Waals surface area contributed by atoms with Crippen LogP contribution in [0.25, 0.3) is 11.2 Å². The van der Waals surface area contributed by atoms with Crippen LogP contribution in [0.1, 0.15) is 129 Å². The monoisotopic (exact) mass is 515 g/mol. The highest BCUT2D eigenvalue weighted by Crippen LogP contribution is 2.21. The lowest BCUT2D eigenvalue weighted by Crippen LogP contribution is -2.38. The van der Waals surface area contributed by atoms with Gasteiger partial charge in [0.05, 0.1) is 6.54 Å². The molecule has 7 nitrogen and oxygen atoms in total. The molecule has 0 aromatic carbocycles. The molecule has 2 aromatic rings. The van der Waals surface area contributed by atoms with Gasteiger partial charge in [-0.05, 0) is 32.7 Å². The largest absolute Gasteiger partial charge is 0.332 e. The van der Waals surface area contributed by atoms with E-state index in [1.54, 1.807) is 14.1 Å². The van der Waals surface area contributed by atoms with Crippen molar-refractivity contribution in [2.24, 2.45) is 14.1 Å². The summed E-state index contributed by atoms with van der Waals surface area (Å²) in [4.78, 5) is 33.0. The molecular weight excluding hydrogens is 462 g/mol. The molecule has 3 rings (SSSR count). The van der Waals surface area contributed by atoms with E-state index in [1.807, 2.05) is 0 Å². The van der Waals surface area contributed by atoms with Crippen molar-refractivity contribution in [2.45, 2.75) is 142 Å². The van der Waals surface area contributed by atoms with Crippen LogP contribution in [-0.4, -0.2) is 36.2 Å². The van der Waals surface area contributed by atoms with Gasteiger partial charge in [0.25, 0.3) is 5.56 Å². The summed E-state index contributed by atoms with van der Waals surface area (Å²) in [6, 6.07) is 0.523. The van der Waals surface area contributed by atoms with E-state index in [0.29, 0.717) is 17.2 Å². The molecule has 3 heterocycles. The van der Waals surface area contributed by atoms with Crippen molar-refractivity contribution in [1.29, 1.82) is 0 Å². The summed E-state index contributed by atoms with van der Waals surface area (Å²) >= 11 is 0. The number of likely N-dealkylation sites (tertiary alicyclic amines) is 1. The maximum absolute atomic E-state index is 13.1. The minimum Gasteiger partial charge on any atom is -0.321 e. The second-order valence-electron chi connectivity index (χ2n) is 11.5. The summed E-state index contributed by atoms with van der Waals surface area (Å²) < 4.78 is 4.87. The molecule has 0 aliphatic carbocycles. The summed E-state index contributed by atoms with van der Waals surface area (Å²) in [7, 11) is 3.29. The van der Waals surface area contributed by atoms with Gasteiger partial charge < -0.3 is 4.57 Å². The Bertz CT molecular complexity index is 1070. The highest BCUT2D eigenvalue weighted by molar-refractivity contribution is 5.71. The van der Waals surface area contributed by atoms with Gasteiger partial charge >= 0.3 is 5.69 Å². The Hall–Kier alpha value is -1.89. The number of imidazole rings is 1. The van der Waals surface area contributed by atoms with E-state index < -0.39 is 0 Å². The van der Waals surface area contributed by atoms with Gasteiger partial charge in [0.2, 0.25) is 0 Å². The molecule has 0 radical (unpaired) electrons. The summed E-state index contributed by atoms with van der Waals surface area (Å²) in [5.74, 6) is 0.928. The van der Waals surface area contributed by atoms with Gasteiger partial charge in [-0.3, -0.25) is 18.8 Å². The number of fused-ring (bicyclic) bond motifs is 1. The van der Waals surface area contributed by atoms with Crippen molar-refractivity contribution in [1.82, 2.24) is 23.6 Å². The number of hydrogen-bond donors (Lipinski definition) is 0. The van der Waals surface area contributed by atoms with E-state index in [4.69, 9.17) is 4.98 Å². The van der Waals surface area contributed by atoms with Crippen LogP contribution in [0.2, 0.25) is 0 Å². The average molecular weight is 516 g/mol. The van der Waals surface area contributed by atoms with Crippen molar-refractivity contribution < 1.29 is 0 Å². The Morgan fingerprint density at radius 2 is 1.35 bits per heavy atom. The van der Waals surface area contributed by atoms with Crippen molar-refractivity contribution in [3.05, 3.63) is 26.7 Å². The van der Waals surface area contributed by atoms with Crippen LogP contribution >= 0.6 is 0 Å². The van der Waals surface area contributed by atoms with Crippen LogP contribution in [0.4, 0.5) is 0 Å². The molecule has 0 saturated carbocycles. The van der Waals surface area contributed by atoms with E-state index in [0.717, 1.165) is 31.9 Å². The van der Waals surface area contributed by atoms with Crippen molar-refractivity contribution in [3.63, 3.8) is 0 Å². The van der Waals surface area contributed by atoms with Gasteiger partial charge in [0.15, 0.2) is 11.2 Å². The van der Waals surface area contributed by atoms with Gasteiger partial charge in [0.1, 0.15) is 5.82 Å². The number of aryl methyl sites for hydroxylation is 2. The molecular formula is C30H53N5O2. The van der Waals surface area contributed by atoms with E-state index in [9.17, 15) is 9.59 Å². The predicted octanol–water partition coefficient (Wildman–Crippen LogP) is 6.29. The lowest BCUT2D eigenvalue weighted by molar-refractivity contribution is 0.147. The third kappa shape index (κ3) is 8.30. The highest BCUT2D eigenvalue weighted by atomic mass is 16.2. The van der Waals surface area contributed by atoms with E-state index in [-0.39, 0.29) is 11.2 Å². The first-order valence-electron chi connectivity index (χ1n) is 15.3. The second-order valence-corrected chi connectivity index (χ2v) is 11.5. The van der Waals surface area contributed by atoms with Crippen LogP contribution < -0.4 is 11.2 Å². The topological polar surface area (TPSA) is 65.1 Å². The molecule has 1 aliphatic heterocycles. The zero-order valence-corrected chi connectivity index (χ0v) is 24.3. The first-order chi connectivity index (χ1) is 18.0. The lowest BCUT2D eigenvalue weighted by atomic mass is 10.0. The molecule has 0 bridgehead atoms. The molecule has 1 aliphatic rings. The summed E-state index contributed by atoms with van der Waals surface area (Å²) in [6.45, 7) is 7.17. The molecule has 0 amide bonds. The van der Waals surface area contributed by atoms with Crippen LogP contribution in [0.3, 0.4) is 0 Å². The third-order valence-corrected chi connectivity index (χ3v) is 8.45. The molecule has 1 atom stereocenters. The quantitative estimate of drug-likeness (QED) is 0.232. The Labute approximate surface area is 224 Å². The molecule has 37 heavy (non-hydrogen) atoms. The number of unbranched alkanes of at least 4 members (excludes halogenated alkanes) is 13. The molecule has 2 aromatic heterocycles. The molecule has 1 saturated heterocycles. The Kier molecular flexibility index (Phi) is 12.4. The molecule has 7 heteroatoms. The van der Waals surface area contributed by atoms with Gasteiger partial charge in [-0.1, -0.05) is 96.8 Å². The van der Waals surface area contributed by atoms with Crippen LogP contribution in [0.5, 0.6) is 0 Å². The van der Waals surface area contributed by atoms with Crippen LogP contribution in [-0.2, 0) is 27.2 Å². The van der Waals surface area contributed by atoms with Gasteiger partial charge in [-0.2, -0.15) is 0 Å². The Morgan fingerprint density at radius 3 is 1.92 bits per heavy atom. The van der Waals surface area contributed by atoms with E-state index >= 15 is 0 Å². The zero-order valence-electron chi connectivity index (χ0n) is 24.3. The van der Waals surface area contributed by atoms with Crippen LogP contribution in [0, 0.1) is 0 Å². The van der Waals surface area contributed by atoms with Gasteiger partial charge in [0, 0.05) is 26.7 Å². The predicted molar refractivity (Wildman–Crippen MR) is 154 cm³/mol. The summed E-state index contributed by atoms with van der Waals surface area (Å²) in [5.41, 5.74) is 0.572. The molecule has 0 unspecified atom stereocenters. The number of hydrogen-bond acceptors (Lipinski definition) is 4. The third-order valence-electron chi connectivity index (χ3n) is 8.45. The van der Waals surface area contributed by atoms with E-state index in [2.05, 4.69) is 23.3 Å². The van der Waals surface area contributed by atoms with Crippen molar-refractivity contribution >= 4 is 11.2 Å². The zero-order chi connectivity index (χ0) is 26.6. The molecule has 210 valence electrons. The second kappa shape index (κ2) is 15.5. The minimum atomic E-state index is -0.309. The maximum atomic E-state index is 13.1. The first-order valence-corrected chi connectivity index (χ1v) is 15.3. The summed E-state index contributed by atoms with van der Waals surface area (Å²) in [5, 5.41) is 0. The minimum absolute atomic E-state index is 0.228. The SMILES string of the molecule is CCCCCCCCCCCCCCCCn1c(CN2CCCC[C@@H]2C)nc2c1c(=O)n(C)c(=O)n2C. The maximum Gasteiger partial charge on any atom is 0.332 e. The fraction of sp³-hybridized carbons (Fsp3) is 0.833. The van der Waals surface area contributed by atoms with Crippen molar-refractivity contribution in [2.75, 3.05) is 6.54 Å². The molecule has 0 spiro atoms. The molecule has 1 fully saturated rings. The van der Waals surface area contributed by atoms with Crippen molar-refractivity contribution in [3.8, 4) is 0 Å².